The van der Waals surface area contributed by atoms with Crippen LogP contribution in [0.4, 0.5) is 13.6 Å². The Balaban J connectivity index is 1.53. The van der Waals surface area contributed by atoms with Gasteiger partial charge in [-0.15, -0.1) is 6.58 Å². The van der Waals surface area contributed by atoms with Gasteiger partial charge in [-0.05, 0) is 59.9 Å². The highest BCUT2D eigenvalue weighted by molar-refractivity contribution is 5.77. The lowest BCUT2D eigenvalue weighted by Crippen LogP contribution is -2.51. The summed E-state index contributed by atoms with van der Waals surface area (Å²) in [6.45, 7) is 6.86. The molecule has 2 atom stereocenters. The summed E-state index contributed by atoms with van der Waals surface area (Å²) in [5.41, 5.74) is 3.90. The third-order valence-corrected chi connectivity index (χ3v) is 6.13. The average molecular weight is 433 g/mol. The highest BCUT2D eigenvalue weighted by atomic mass is 19.1. The number of benzene rings is 3. The van der Waals surface area contributed by atoms with Crippen LogP contribution in [0, 0.1) is 11.6 Å². The van der Waals surface area contributed by atoms with Crippen LogP contribution in [0.15, 0.2) is 85.5 Å². The van der Waals surface area contributed by atoms with Crippen molar-refractivity contribution in [3.8, 4) is 11.1 Å². The molecule has 0 spiro atoms. The second kappa shape index (κ2) is 9.35. The number of rotatable bonds is 6. The molecule has 164 valence electrons. The minimum Gasteiger partial charge on any atom is -0.318 e. The van der Waals surface area contributed by atoms with Gasteiger partial charge >= 0.3 is 6.03 Å². The monoisotopic (exact) mass is 432 g/mol. The molecular formula is C27H26F2N2O. The summed E-state index contributed by atoms with van der Waals surface area (Å²) in [7, 11) is 0. The second-order valence-electron chi connectivity index (χ2n) is 8.08. The van der Waals surface area contributed by atoms with Crippen molar-refractivity contribution < 1.29 is 13.6 Å². The van der Waals surface area contributed by atoms with Crippen molar-refractivity contribution in [2.75, 3.05) is 13.1 Å². The smallest absolute Gasteiger partial charge is 0.318 e. The average Bonchev–Trinajstić information content (AvgIpc) is 2.81. The standard InChI is InChI=1S/C27H26F2N2O/c1-3-17-31-26(23-10-14-25(29)15-11-23)16-18-30(27(31)32)19(2)20-4-6-21(7-5-20)22-8-12-24(28)13-9-22/h3-15,19,26H,1,16-18H2,2H3/t19-,26-/m0/s1. The Morgan fingerprint density at radius 1 is 0.938 bits per heavy atom. The topological polar surface area (TPSA) is 23.6 Å². The van der Waals surface area contributed by atoms with E-state index in [0.717, 1.165) is 28.7 Å². The highest BCUT2D eigenvalue weighted by Gasteiger charge is 2.36. The SMILES string of the molecule is C=CCN1C(=O)N([C@@H](C)c2ccc(-c3ccc(F)cc3)cc2)CC[C@H]1c1ccc(F)cc1. The van der Waals surface area contributed by atoms with Gasteiger partial charge in [0.25, 0.3) is 0 Å². The molecule has 1 saturated heterocycles. The zero-order chi connectivity index (χ0) is 22.7. The molecule has 0 bridgehead atoms. The summed E-state index contributed by atoms with van der Waals surface area (Å²) in [5, 5.41) is 0. The Bertz CT molecular complexity index is 1080. The van der Waals surface area contributed by atoms with E-state index in [4.69, 9.17) is 0 Å². The van der Waals surface area contributed by atoms with Gasteiger partial charge in [0.15, 0.2) is 0 Å². The summed E-state index contributed by atoms with van der Waals surface area (Å²) in [5.74, 6) is -0.545. The number of urea groups is 1. The van der Waals surface area contributed by atoms with Crippen LogP contribution in [-0.2, 0) is 0 Å². The first-order valence-corrected chi connectivity index (χ1v) is 10.8. The van der Waals surface area contributed by atoms with Crippen LogP contribution in [0.2, 0.25) is 0 Å². The number of carbonyl (C=O) groups excluding carboxylic acids is 1. The number of amides is 2. The van der Waals surface area contributed by atoms with E-state index in [1.807, 2.05) is 36.1 Å². The van der Waals surface area contributed by atoms with Crippen molar-refractivity contribution in [1.29, 1.82) is 0 Å². The van der Waals surface area contributed by atoms with E-state index in [-0.39, 0.29) is 29.7 Å². The lowest BCUT2D eigenvalue weighted by atomic mass is 9.97. The number of carbonyl (C=O) groups is 1. The van der Waals surface area contributed by atoms with Gasteiger partial charge in [0.1, 0.15) is 11.6 Å². The van der Waals surface area contributed by atoms with E-state index in [2.05, 4.69) is 6.58 Å². The summed E-state index contributed by atoms with van der Waals surface area (Å²) >= 11 is 0. The van der Waals surface area contributed by atoms with Crippen molar-refractivity contribution >= 4 is 6.03 Å². The van der Waals surface area contributed by atoms with Crippen LogP contribution in [0.25, 0.3) is 11.1 Å². The Morgan fingerprint density at radius 2 is 1.47 bits per heavy atom. The number of halogens is 2. The fourth-order valence-corrected chi connectivity index (χ4v) is 4.32. The summed E-state index contributed by atoms with van der Waals surface area (Å²) < 4.78 is 26.6. The fourth-order valence-electron chi connectivity index (χ4n) is 4.32. The molecule has 2 amide bonds. The van der Waals surface area contributed by atoms with Gasteiger partial charge in [0.2, 0.25) is 0 Å². The van der Waals surface area contributed by atoms with Crippen LogP contribution in [-0.4, -0.2) is 28.9 Å². The van der Waals surface area contributed by atoms with Crippen molar-refractivity contribution in [3.63, 3.8) is 0 Å². The molecule has 0 radical (unpaired) electrons. The molecule has 4 rings (SSSR count). The first-order valence-electron chi connectivity index (χ1n) is 10.8. The van der Waals surface area contributed by atoms with Gasteiger partial charge in [0, 0.05) is 13.1 Å². The van der Waals surface area contributed by atoms with Crippen LogP contribution in [0.3, 0.4) is 0 Å². The van der Waals surface area contributed by atoms with Gasteiger partial charge in [-0.25, -0.2) is 13.6 Å². The molecule has 3 aromatic carbocycles. The van der Waals surface area contributed by atoms with E-state index >= 15 is 0 Å². The molecule has 1 heterocycles. The van der Waals surface area contributed by atoms with Crippen molar-refractivity contribution in [1.82, 2.24) is 9.80 Å². The first kappa shape index (κ1) is 21.8. The largest absolute Gasteiger partial charge is 0.321 e. The van der Waals surface area contributed by atoms with E-state index in [9.17, 15) is 13.6 Å². The van der Waals surface area contributed by atoms with Crippen molar-refractivity contribution in [2.45, 2.75) is 25.4 Å². The molecule has 3 aromatic rings. The Labute approximate surface area is 187 Å². The van der Waals surface area contributed by atoms with E-state index < -0.39 is 0 Å². The molecule has 3 nitrogen and oxygen atoms in total. The van der Waals surface area contributed by atoms with Crippen molar-refractivity contribution in [3.05, 3.63) is 108 Å². The molecule has 32 heavy (non-hydrogen) atoms. The molecule has 5 heteroatoms. The minimum absolute atomic E-state index is 0.0550. The summed E-state index contributed by atoms with van der Waals surface area (Å²) in [6, 6.07) is 20.5. The zero-order valence-corrected chi connectivity index (χ0v) is 18.0. The maximum absolute atomic E-state index is 13.4. The highest BCUT2D eigenvalue weighted by Crippen LogP contribution is 2.34. The predicted octanol–water partition coefficient (Wildman–Crippen LogP) is 6.75. The van der Waals surface area contributed by atoms with Gasteiger partial charge < -0.3 is 9.80 Å². The zero-order valence-electron chi connectivity index (χ0n) is 18.0. The minimum atomic E-state index is -0.287. The molecule has 1 fully saturated rings. The van der Waals surface area contributed by atoms with Gasteiger partial charge in [-0.1, -0.05) is 54.6 Å². The molecular weight excluding hydrogens is 406 g/mol. The van der Waals surface area contributed by atoms with E-state index in [1.165, 1.54) is 24.3 Å². The van der Waals surface area contributed by atoms with Gasteiger partial charge in [0.05, 0.1) is 12.1 Å². The lowest BCUT2D eigenvalue weighted by molar-refractivity contribution is 0.0880. The van der Waals surface area contributed by atoms with Crippen molar-refractivity contribution in [2.24, 2.45) is 0 Å². The van der Waals surface area contributed by atoms with Gasteiger partial charge in [-0.3, -0.25) is 0 Å². The molecule has 0 aliphatic carbocycles. The van der Waals surface area contributed by atoms with E-state index in [0.29, 0.717) is 13.1 Å². The quantitative estimate of drug-likeness (QED) is 0.395. The number of nitrogens with zero attached hydrogens (tertiary/aromatic N) is 2. The van der Waals surface area contributed by atoms with Crippen LogP contribution in [0.5, 0.6) is 0 Å². The summed E-state index contributed by atoms with van der Waals surface area (Å²) in [6.07, 6.45) is 2.48. The van der Waals surface area contributed by atoms with Gasteiger partial charge in [-0.2, -0.15) is 0 Å². The Hall–Kier alpha value is -3.47. The maximum atomic E-state index is 13.4. The first-order chi connectivity index (χ1) is 15.5. The maximum Gasteiger partial charge on any atom is 0.321 e. The third kappa shape index (κ3) is 4.42. The molecule has 1 aliphatic rings. The Morgan fingerprint density at radius 3 is 2.03 bits per heavy atom. The summed E-state index contributed by atoms with van der Waals surface area (Å²) in [4.78, 5) is 17.1. The third-order valence-electron chi connectivity index (χ3n) is 6.13. The van der Waals surface area contributed by atoms with Crippen LogP contribution in [0.1, 0.15) is 36.6 Å². The molecule has 0 aromatic heterocycles. The molecule has 0 N–H and O–H groups in total. The molecule has 1 aliphatic heterocycles. The predicted molar refractivity (Wildman–Crippen MR) is 123 cm³/mol. The Kier molecular flexibility index (Phi) is 6.35. The molecule has 0 saturated carbocycles. The number of hydrogen-bond acceptors (Lipinski definition) is 1. The second-order valence-corrected chi connectivity index (χ2v) is 8.08. The van der Waals surface area contributed by atoms with Crippen LogP contribution >= 0.6 is 0 Å². The fraction of sp³-hybridized carbons (Fsp3) is 0.222. The molecule has 0 unspecified atom stereocenters. The lowest BCUT2D eigenvalue weighted by Gasteiger charge is -2.44. The van der Waals surface area contributed by atoms with E-state index in [1.54, 1.807) is 35.2 Å². The normalized spacial score (nSPS) is 17.3. The number of hydrogen-bond donors (Lipinski definition) is 0. The van der Waals surface area contributed by atoms with Crippen LogP contribution < -0.4 is 0 Å².